The third-order valence-corrected chi connectivity index (χ3v) is 12.0. The predicted octanol–water partition coefficient (Wildman–Crippen LogP) is 15.6. The van der Waals surface area contributed by atoms with Gasteiger partial charge in [0, 0.05) is 21.8 Å². The standard InChI is InChI=1S/C55H42O/c1-5-18-35(36-20-8-7-9-21-36)30-31-37(19-6-2)49-39-22-10-12-24-41(39)50(42-25-13-11-23-40(42)49)38-32-33-47-46(34-38)51-43-26-14-15-27-44(43)52-45-28-16-17-29-48(45)56-54(52)53(51)55(47,3)4/h5-17,20-34H,1-2,18-19H2,3-4H3/b35-30+,37-31+. The maximum Gasteiger partial charge on any atom is 0.140 e. The molecule has 1 aliphatic rings. The number of fused-ring (bicyclic) bond motifs is 12. The molecule has 0 atom stereocenters. The van der Waals surface area contributed by atoms with Crippen molar-refractivity contribution >= 4 is 65.4 Å². The molecule has 0 N–H and O–H groups in total. The van der Waals surface area contributed by atoms with E-state index < -0.39 is 0 Å². The van der Waals surface area contributed by atoms with Crippen molar-refractivity contribution in [3.8, 4) is 22.3 Å². The van der Waals surface area contributed by atoms with Gasteiger partial charge in [0.1, 0.15) is 11.2 Å². The first-order chi connectivity index (χ1) is 27.5. The summed E-state index contributed by atoms with van der Waals surface area (Å²) in [4.78, 5) is 0. The number of hydrogen-bond donors (Lipinski definition) is 0. The smallest absolute Gasteiger partial charge is 0.140 e. The van der Waals surface area contributed by atoms with Crippen LogP contribution >= 0.6 is 0 Å². The van der Waals surface area contributed by atoms with E-state index in [9.17, 15) is 0 Å². The Labute approximate surface area is 328 Å². The van der Waals surface area contributed by atoms with E-state index in [4.69, 9.17) is 4.42 Å². The van der Waals surface area contributed by atoms with Gasteiger partial charge >= 0.3 is 0 Å². The molecular formula is C55H42O. The van der Waals surface area contributed by atoms with Gasteiger partial charge in [0.25, 0.3) is 0 Å². The molecule has 0 saturated heterocycles. The molecule has 0 bridgehead atoms. The van der Waals surface area contributed by atoms with Crippen LogP contribution in [0.3, 0.4) is 0 Å². The second-order valence-corrected chi connectivity index (χ2v) is 15.6. The van der Waals surface area contributed by atoms with Crippen molar-refractivity contribution in [2.45, 2.75) is 32.1 Å². The fourth-order valence-corrected chi connectivity index (χ4v) is 9.60. The Morgan fingerprint density at radius 1 is 0.554 bits per heavy atom. The van der Waals surface area contributed by atoms with Crippen molar-refractivity contribution in [2.24, 2.45) is 0 Å². The Kier molecular flexibility index (Phi) is 8.01. The molecule has 1 aliphatic carbocycles. The first kappa shape index (κ1) is 33.8. The molecule has 0 amide bonds. The molecule has 1 aromatic heterocycles. The SMILES string of the molecule is C=CC/C(=C\C=C(/CC=C)c1c2ccccc2c(-c2ccc3c(c2)-c2c(c4oc5ccccc5c4c4ccccc24)C3(C)C)c2ccccc12)c1ccccc1. The molecule has 0 saturated carbocycles. The van der Waals surface area contributed by atoms with E-state index >= 15 is 0 Å². The van der Waals surface area contributed by atoms with E-state index in [1.807, 2.05) is 12.2 Å². The second-order valence-electron chi connectivity index (χ2n) is 15.6. The molecule has 0 fully saturated rings. The van der Waals surface area contributed by atoms with Gasteiger partial charge in [-0.05, 0) is 107 Å². The molecule has 10 rings (SSSR count). The lowest BCUT2D eigenvalue weighted by molar-refractivity contribution is 0.620. The number of benzene rings is 8. The lowest BCUT2D eigenvalue weighted by atomic mass is 9.80. The molecule has 8 aromatic carbocycles. The number of allylic oxidation sites excluding steroid dienone is 6. The van der Waals surface area contributed by atoms with Crippen molar-refractivity contribution in [2.75, 3.05) is 0 Å². The molecule has 1 heterocycles. The van der Waals surface area contributed by atoms with Crippen LogP contribution in [-0.4, -0.2) is 0 Å². The van der Waals surface area contributed by atoms with E-state index in [2.05, 4.69) is 185 Å². The minimum absolute atomic E-state index is 0.255. The molecule has 0 radical (unpaired) electrons. The van der Waals surface area contributed by atoms with E-state index in [1.165, 1.54) is 98.7 Å². The van der Waals surface area contributed by atoms with Crippen LogP contribution in [0.2, 0.25) is 0 Å². The van der Waals surface area contributed by atoms with Gasteiger partial charge in [-0.3, -0.25) is 0 Å². The average Bonchev–Trinajstić information content (AvgIpc) is 3.73. The molecular weight excluding hydrogens is 677 g/mol. The van der Waals surface area contributed by atoms with Crippen LogP contribution in [0.1, 0.15) is 48.9 Å². The number of furan rings is 1. The number of hydrogen-bond acceptors (Lipinski definition) is 1. The Morgan fingerprint density at radius 2 is 1.09 bits per heavy atom. The molecule has 9 aromatic rings. The minimum atomic E-state index is -0.255. The summed E-state index contributed by atoms with van der Waals surface area (Å²) in [5.41, 5.74) is 14.3. The van der Waals surface area contributed by atoms with Crippen LogP contribution in [0.4, 0.5) is 0 Å². The maximum atomic E-state index is 6.81. The third kappa shape index (κ3) is 5.08. The highest BCUT2D eigenvalue weighted by Crippen LogP contribution is 2.57. The first-order valence-corrected chi connectivity index (χ1v) is 19.6. The summed E-state index contributed by atoms with van der Waals surface area (Å²) in [6, 6.07) is 53.0. The van der Waals surface area contributed by atoms with Crippen LogP contribution in [0, 0.1) is 0 Å². The topological polar surface area (TPSA) is 13.1 Å². The zero-order chi connectivity index (χ0) is 38.0. The highest BCUT2D eigenvalue weighted by molar-refractivity contribution is 6.25. The summed E-state index contributed by atoms with van der Waals surface area (Å²) in [5.74, 6) is 0. The monoisotopic (exact) mass is 718 g/mol. The van der Waals surface area contributed by atoms with Crippen molar-refractivity contribution < 1.29 is 4.42 Å². The van der Waals surface area contributed by atoms with Crippen molar-refractivity contribution in [1.82, 2.24) is 0 Å². The highest BCUT2D eigenvalue weighted by atomic mass is 16.3. The largest absolute Gasteiger partial charge is 0.456 e. The van der Waals surface area contributed by atoms with Crippen molar-refractivity contribution in [3.05, 3.63) is 205 Å². The van der Waals surface area contributed by atoms with Crippen LogP contribution in [0.25, 0.3) is 87.7 Å². The Bertz CT molecular complexity index is 3070. The van der Waals surface area contributed by atoms with Gasteiger partial charge in [-0.2, -0.15) is 0 Å². The molecule has 56 heavy (non-hydrogen) atoms. The van der Waals surface area contributed by atoms with Crippen molar-refractivity contribution in [1.29, 1.82) is 0 Å². The van der Waals surface area contributed by atoms with E-state index in [1.54, 1.807) is 0 Å². The second kappa shape index (κ2) is 13.3. The van der Waals surface area contributed by atoms with Crippen LogP contribution in [-0.2, 0) is 5.41 Å². The Hall–Kier alpha value is -6.70. The van der Waals surface area contributed by atoms with Crippen LogP contribution in [0.5, 0.6) is 0 Å². The van der Waals surface area contributed by atoms with Gasteiger partial charge < -0.3 is 4.42 Å². The summed E-state index contributed by atoms with van der Waals surface area (Å²) in [5, 5.41) is 9.85. The minimum Gasteiger partial charge on any atom is -0.456 e. The lowest BCUT2D eigenvalue weighted by Crippen LogP contribution is -2.15. The maximum absolute atomic E-state index is 6.81. The van der Waals surface area contributed by atoms with E-state index in [0.717, 1.165) is 24.0 Å². The molecule has 0 spiro atoms. The van der Waals surface area contributed by atoms with E-state index in [-0.39, 0.29) is 5.41 Å². The zero-order valence-corrected chi connectivity index (χ0v) is 31.9. The molecule has 0 aliphatic heterocycles. The predicted molar refractivity (Wildman–Crippen MR) is 241 cm³/mol. The number of rotatable bonds is 8. The first-order valence-electron chi connectivity index (χ1n) is 19.6. The van der Waals surface area contributed by atoms with Gasteiger partial charge in [-0.1, -0.05) is 172 Å². The van der Waals surface area contributed by atoms with Gasteiger partial charge in [0.2, 0.25) is 0 Å². The fourth-order valence-electron chi connectivity index (χ4n) is 9.60. The fraction of sp³-hybridized carbons (Fsp3) is 0.0909. The Balaban J connectivity index is 1.24. The van der Waals surface area contributed by atoms with Gasteiger partial charge in [-0.15, -0.1) is 13.2 Å². The Morgan fingerprint density at radius 3 is 1.75 bits per heavy atom. The van der Waals surface area contributed by atoms with E-state index in [0.29, 0.717) is 0 Å². The van der Waals surface area contributed by atoms with Crippen molar-refractivity contribution in [3.63, 3.8) is 0 Å². The molecule has 1 nitrogen and oxygen atoms in total. The van der Waals surface area contributed by atoms with Crippen LogP contribution < -0.4 is 0 Å². The van der Waals surface area contributed by atoms with Gasteiger partial charge in [-0.25, -0.2) is 0 Å². The van der Waals surface area contributed by atoms with Gasteiger partial charge in [0.05, 0.1) is 0 Å². The van der Waals surface area contributed by atoms with Crippen LogP contribution in [0.15, 0.2) is 187 Å². The summed E-state index contributed by atoms with van der Waals surface area (Å²) >= 11 is 0. The summed E-state index contributed by atoms with van der Waals surface area (Å²) in [6.07, 6.45) is 10.1. The average molecular weight is 719 g/mol. The number of para-hydroxylation sites is 1. The highest BCUT2D eigenvalue weighted by Gasteiger charge is 2.40. The van der Waals surface area contributed by atoms with Gasteiger partial charge in [0.15, 0.2) is 0 Å². The molecule has 0 unspecified atom stereocenters. The third-order valence-electron chi connectivity index (χ3n) is 12.0. The summed E-state index contributed by atoms with van der Waals surface area (Å²) < 4.78 is 6.81. The quantitative estimate of drug-likeness (QED) is 0.0866. The zero-order valence-electron chi connectivity index (χ0n) is 31.9. The molecule has 268 valence electrons. The summed E-state index contributed by atoms with van der Waals surface area (Å²) in [7, 11) is 0. The normalized spacial score (nSPS) is 13.8. The summed E-state index contributed by atoms with van der Waals surface area (Å²) in [6.45, 7) is 13.0. The molecule has 1 heteroatoms. The lowest BCUT2D eigenvalue weighted by Gasteiger charge is -2.22.